The summed E-state index contributed by atoms with van der Waals surface area (Å²) in [4.78, 5) is 15.4. The van der Waals surface area contributed by atoms with Crippen LogP contribution in [0.1, 0.15) is 62.5 Å². The number of carbonyl (C=O) groups excluding carboxylic acids is 1. The van der Waals surface area contributed by atoms with E-state index >= 15 is 0 Å². The smallest absolute Gasteiger partial charge is 0.222 e. The molecule has 5 nitrogen and oxygen atoms in total. The molecule has 0 atom stereocenters. The average Bonchev–Trinajstić information content (AvgIpc) is 2.75. The summed E-state index contributed by atoms with van der Waals surface area (Å²) in [6, 6.07) is 8.32. The Balaban J connectivity index is 1.16. The van der Waals surface area contributed by atoms with Crippen LogP contribution in [-0.4, -0.2) is 49.4 Å². The molecule has 1 aromatic carbocycles. The summed E-state index contributed by atoms with van der Waals surface area (Å²) in [5.41, 5.74) is 2.25. The maximum atomic E-state index is 13.4. The van der Waals surface area contributed by atoms with E-state index in [0.29, 0.717) is 24.9 Å². The molecule has 4 saturated carbocycles. The molecule has 4 aliphatic carbocycles. The monoisotopic (exact) mass is 456 g/mol. The van der Waals surface area contributed by atoms with Crippen molar-refractivity contribution >= 4 is 15.9 Å². The van der Waals surface area contributed by atoms with Gasteiger partial charge in [0.15, 0.2) is 0 Å². The van der Waals surface area contributed by atoms with Crippen molar-refractivity contribution < 1.29 is 13.2 Å². The van der Waals surface area contributed by atoms with Gasteiger partial charge in [0, 0.05) is 38.0 Å². The van der Waals surface area contributed by atoms with Crippen LogP contribution < -0.4 is 0 Å². The molecule has 7 rings (SSSR count). The zero-order valence-corrected chi connectivity index (χ0v) is 20.0. The predicted molar refractivity (Wildman–Crippen MR) is 124 cm³/mol. The number of nitrogens with zero attached hydrogens (tertiary/aromatic N) is 2. The van der Waals surface area contributed by atoms with Crippen LogP contribution in [0.15, 0.2) is 24.3 Å². The number of carbonyl (C=O) groups is 1. The Bertz CT molecular complexity index is 984. The molecular formula is C26H36N2O3S. The molecule has 5 fully saturated rings. The predicted octanol–water partition coefficient (Wildman–Crippen LogP) is 3.78. The first-order valence-electron chi connectivity index (χ1n) is 12.6. The SMILES string of the molecule is CS(=O)(=O)N1Cc2ccccc2C2(CCN(C(=O)CC3C4CC5CC(C4)CC3C5)CC2)C1. The highest BCUT2D eigenvalue weighted by molar-refractivity contribution is 7.88. The second kappa shape index (κ2) is 7.56. The van der Waals surface area contributed by atoms with Gasteiger partial charge in [0.1, 0.15) is 0 Å². The summed E-state index contributed by atoms with van der Waals surface area (Å²) in [6.45, 7) is 2.50. The summed E-state index contributed by atoms with van der Waals surface area (Å²) in [5, 5.41) is 0. The van der Waals surface area contributed by atoms with Gasteiger partial charge < -0.3 is 4.90 Å². The standard InChI is InChI=1S/C26H36N2O3S/c1-32(30,31)28-16-20-4-2-3-5-24(20)26(17-28)6-8-27(9-7-26)25(29)15-23-21-11-18-10-19(13-21)14-22(23)12-18/h2-5,18-19,21-23H,6-17H2,1H3. The van der Waals surface area contributed by atoms with Crippen LogP contribution in [0.3, 0.4) is 0 Å². The minimum atomic E-state index is -3.25. The van der Waals surface area contributed by atoms with Crippen LogP contribution in [0.2, 0.25) is 0 Å². The van der Waals surface area contributed by atoms with Gasteiger partial charge in [0.2, 0.25) is 15.9 Å². The van der Waals surface area contributed by atoms with E-state index in [4.69, 9.17) is 0 Å². The summed E-state index contributed by atoms with van der Waals surface area (Å²) in [6.07, 6.45) is 10.7. The van der Waals surface area contributed by atoms with Crippen molar-refractivity contribution in [2.24, 2.45) is 29.6 Å². The third-order valence-electron chi connectivity index (χ3n) is 9.79. The van der Waals surface area contributed by atoms with Gasteiger partial charge in [0.25, 0.3) is 0 Å². The highest BCUT2D eigenvalue weighted by atomic mass is 32.2. The Morgan fingerprint density at radius 3 is 2.25 bits per heavy atom. The fraction of sp³-hybridized carbons (Fsp3) is 0.731. The van der Waals surface area contributed by atoms with E-state index in [1.807, 2.05) is 6.07 Å². The highest BCUT2D eigenvalue weighted by Gasteiger charge is 2.49. The van der Waals surface area contributed by atoms with Crippen LogP contribution in [0.5, 0.6) is 0 Å². The molecule has 1 aromatic rings. The average molecular weight is 457 g/mol. The Kier molecular flexibility index (Phi) is 5.00. The van der Waals surface area contributed by atoms with Crippen molar-refractivity contribution in [1.82, 2.24) is 9.21 Å². The van der Waals surface area contributed by atoms with E-state index in [2.05, 4.69) is 23.1 Å². The first kappa shape index (κ1) is 21.2. The molecular weight excluding hydrogens is 420 g/mol. The Morgan fingerprint density at radius 2 is 1.62 bits per heavy atom. The summed E-state index contributed by atoms with van der Waals surface area (Å²) in [7, 11) is -3.25. The summed E-state index contributed by atoms with van der Waals surface area (Å²) < 4.78 is 26.4. The molecule has 1 amide bonds. The van der Waals surface area contributed by atoms with Gasteiger partial charge >= 0.3 is 0 Å². The van der Waals surface area contributed by atoms with Crippen LogP contribution in [-0.2, 0) is 26.8 Å². The quantitative estimate of drug-likeness (QED) is 0.695. The summed E-state index contributed by atoms with van der Waals surface area (Å²) >= 11 is 0. The van der Waals surface area contributed by atoms with Gasteiger partial charge in [-0.1, -0.05) is 24.3 Å². The molecule has 2 heterocycles. The topological polar surface area (TPSA) is 57.7 Å². The molecule has 4 bridgehead atoms. The molecule has 0 radical (unpaired) electrons. The third kappa shape index (κ3) is 3.53. The van der Waals surface area contributed by atoms with Crippen LogP contribution in [0.25, 0.3) is 0 Å². The lowest BCUT2D eigenvalue weighted by Gasteiger charge is -2.54. The molecule has 0 aromatic heterocycles. The van der Waals surface area contributed by atoms with E-state index in [0.717, 1.165) is 61.6 Å². The molecule has 174 valence electrons. The number of fused-ring (bicyclic) bond motifs is 2. The third-order valence-corrected chi connectivity index (χ3v) is 11.0. The van der Waals surface area contributed by atoms with Crippen molar-refractivity contribution in [3.8, 4) is 0 Å². The maximum absolute atomic E-state index is 13.4. The number of piperidine rings is 1. The maximum Gasteiger partial charge on any atom is 0.222 e. The Hall–Kier alpha value is -1.40. The number of sulfonamides is 1. The first-order valence-corrected chi connectivity index (χ1v) is 14.5. The lowest BCUT2D eigenvalue weighted by molar-refractivity contribution is -0.138. The first-order chi connectivity index (χ1) is 15.3. The molecule has 0 N–H and O–H groups in total. The number of amides is 1. The second-order valence-corrected chi connectivity index (χ2v) is 13.6. The molecule has 6 aliphatic rings. The zero-order chi connectivity index (χ0) is 22.1. The lowest BCUT2D eigenvalue weighted by Crippen LogP contribution is -2.54. The molecule has 1 saturated heterocycles. The van der Waals surface area contributed by atoms with Gasteiger partial charge in [-0.15, -0.1) is 0 Å². The Morgan fingerprint density at radius 1 is 1.00 bits per heavy atom. The fourth-order valence-electron chi connectivity index (χ4n) is 8.39. The van der Waals surface area contributed by atoms with E-state index < -0.39 is 10.0 Å². The van der Waals surface area contributed by atoms with Gasteiger partial charge in [-0.2, -0.15) is 4.31 Å². The largest absolute Gasteiger partial charge is 0.343 e. The molecule has 32 heavy (non-hydrogen) atoms. The normalized spacial score (nSPS) is 35.8. The molecule has 6 heteroatoms. The highest BCUT2D eigenvalue weighted by Crippen LogP contribution is 2.57. The Labute approximate surface area is 192 Å². The number of hydrogen-bond acceptors (Lipinski definition) is 3. The van der Waals surface area contributed by atoms with E-state index in [-0.39, 0.29) is 5.41 Å². The van der Waals surface area contributed by atoms with Crippen molar-refractivity contribution in [2.75, 3.05) is 25.9 Å². The van der Waals surface area contributed by atoms with Gasteiger partial charge in [0.05, 0.1) is 6.26 Å². The van der Waals surface area contributed by atoms with Crippen molar-refractivity contribution in [2.45, 2.75) is 63.3 Å². The van der Waals surface area contributed by atoms with Gasteiger partial charge in [-0.25, -0.2) is 8.42 Å². The van der Waals surface area contributed by atoms with Crippen LogP contribution >= 0.6 is 0 Å². The van der Waals surface area contributed by atoms with E-state index in [9.17, 15) is 13.2 Å². The van der Waals surface area contributed by atoms with Crippen molar-refractivity contribution in [3.63, 3.8) is 0 Å². The fourth-order valence-corrected chi connectivity index (χ4v) is 9.25. The number of rotatable bonds is 3. The van der Waals surface area contributed by atoms with Gasteiger partial charge in [-0.05, 0) is 85.7 Å². The molecule has 1 spiro atoms. The number of likely N-dealkylation sites (tertiary alicyclic amines) is 1. The summed E-state index contributed by atoms with van der Waals surface area (Å²) in [5.74, 6) is 4.44. The second-order valence-electron chi connectivity index (χ2n) is 11.6. The van der Waals surface area contributed by atoms with Crippen molar-refractivity contribution in [1.29, 1.82) is 0 Å². The molecule has 2 aliphatic heterocycles. The van der Waals surface area contributed by atoms with Gasteiger partial charge in [-0.3, -0.25) is 4.79 Å². The van der Waals surface area contributed by atoms with Crippen LogP contribution in [0.4, 0.5) is 0 Å². The van der Waals surface area contributed by atoms with E-state index in [1.54, 1.807) is 4.31 Å². The molecule has 0 unspecified atom stereocenters. The lowest BCUT2D eigenvalue weighted by atomic mass is 9.51. The number of benzene rings is 1. The zero-order valence-electron chi connectivity index (χ0n) is 19.2. The van der Waals surface area contributed by atoms with Crippen LogP contribution in [0, 0.1) is 29.6 Å². The van der Waals surface area contributed by atoms with E-state index in [1.165, 1.54) is 43.9 Å². The number of hydrogen-bond donors (Lipinski definition) is 0. The minimum Gasteiger partial charge on any atom is -0.343 e. The minimum absolute atomic E-state index is 0.169. The van der Waals surface area contributed by atoms with Crippen molar-refractivity contribution in [3.05, 3.63) is 35.4 Å².